The zero-order valence-corrected chi connectivity index (χ0v) is 13.7. The lowest BCUT2D eigenvalue weighted by Crippen LogP contribution is -2.42. The molecule has 0 spiro atoms. The Hall–Kier alpha value is -1.56. The van der Waals surface area contributed by atoms with Crippen LogP contribution in [0.3, 0.4) is 0 Å². The molecule has 1 aromatic rings. The van der Waals surface area contributed by atoms with E-state index in [1.165, 1.54) is 0 Å². The van der Waals surface area contributed by atoms with Gasteiger partial charge in [-0.2, -0.15) is 0 Å². The second-order valence-corrected chi connectivity index (χ2v) is 8.51. The number of hydrogen-bond donors (Lipinski definition) is 0. The first-order valence-corrected chi connectivity index (χ1v) is 9.41. The van der Waals surface area contributed by atoms with Gasteiger partial charge in [-0.25, -0.2) is 8.42 Å². The molecule has 1 aliphatic carbocycles. The molecule has 120 valence electrons. The number of methoxy groups -OCH3 is 1. The van der Waals surface area contributed by atoms with Gasteiger partial charge in [0.15, 0.2) is 9.84 Å². The molecule has 0 radical (unpaired) electrons. The number of amides is 1. The molecule has 1 aromatic carbocycles. The van der Waals surface area contributed by atoms with Crippen molar-refractivity contribution in [3.8, 4) is 5.75 Å². The summed E-state index contributed by atoms with van der Waals surface area (Å²) >= 11 is 0. The zero-order chi connectivity index (χ0) is 15.9. The van der Waals surface area contributed by atoms with Crippen LogP contribution in [0.2, 0.25) is 0 Å². The normalized spacial score (nSPS) is 29.1. The van der Waals surface area contributed by atoms with Crippen LogP contribution in [0.25, 0.3) is 0 Å². The molecule has 0 bridgehead atoms. The maximum atomic E-state index is 12.8. The summed E-state index contributed by atoms with van der Waals surface area (Å²) in [6.45, 7) is 2.06. The van der Waals surface area contributed by atoms with E-state index in [1.807, 2.05) is 12.1 Å². The van der Waals surface area contributed by atoms with Crippen molar-refractivity contribution < 1.29 is 17.9 Å². The predicted molar refractivity (Wildman–Crippen MR) is 84.8 cm³/mol. The van der Waals surface area contributed by atoms with Crippen molar-refractivity contribution in [2.75, 3.05) is 23.5 Å². The Balaban J connectivity index is 1.90. The predicted octanol–water partition coefficient (Wildman–Crippen LogP) is 1.87. The van der Waals surface area contributed by atoms with Gasteiger partial charge < -0.3 is 9.64 Å². The highest BCUT2D eigenvalue weighted by Gasteiger charge is 2.45. The molecule has 5 nitrogen and oxygen atoms in total. The van der Waals surface area contributed by atoms with E-state index in [1.54, 1.807) is 24.1 Å². The summed E-state index contributed by atoms with van der Waals surface area (Å²) in [5, 5.41) is 0. The van der Waals surface area contributed by atoms with Gasteiger partial charge in [0.25, 0.3) is 0 Å². The third-order valence-electron chi connectivity index (χ3n) is 4.59. The van der Waals surface area contributed by atoms with Gasteiger partial charge in [0.2, 0.25) is 5.91 Å². The van der Waals surface area contributed by atoms with Gasteiger partial charge >= 0.3 is 0 Å². The number of hydrogen-bond acceptors (Lipinski definition) is 4. The monoisotopic (exact) mass is 323 g/mol. The van der Waals surface area contributed by atoms with E-state index in [4.69, 9.17) is 4.74 Å². The summed E-state index contributed by atoms with van der Waals surface area (Å²) in [5.74, 6) is 1.43. The molecule has 2 fully saturated rings. The standard InChI is InChI=1S/C16H21NO4S/c1-11-9-15(11)16(18)17(13-7-8-22(19,20)10-13)12-3-5-14(21-2)6-4-12/h3-6,11,13,15H,7-10H2,1-2H3/t11-,13+,15+/m0/s1. The van der Waals surface area contributed by atoms with Crippen molar-refractivity contribution in [1.29, 1.82) is 0 Å². The number of nitrogens with zero attached hydrogens (tertiary/aromatic N) is 1. The maximum absolute atomic E-state index is 12.8. The Kier molecular flexibility index (Phi) is 3.89. The fraction of sp³-hybridized carbons (Fsp3) is 0.562. The van der Waals surface area contributed by atoms with Crippen molar-refractivity contribution in [2.45, 2.75) is 25.8 Å². The van der Waals surface area contributed by atoms with E-state index in [2.05, 4.69) is 6.92 Å². The van der Waals surface area contributed by atoms with Crippen LogP contribution in [-0.2, 0) is 14.6 Å². The van der Waals surface area contributed by atoms with Gasteiger partial charge in [0.05, 0.1) is 24.7 Å². The van der Waals surface area contributed by atoms with Gasteiger partial charge in [-0.3, -0.25) is 4.79 Å². The molecule has 2 aliphatic rings. The van der Waals surface area contributed by atoms with Gasteiger partial charge in [-0.1, -0.05) is 6.92 Å². The number of benzene rings is 1. The average molecular weight is 323 g/mol. The van der Waals surface area contributed by atoms with E-state index in [-0.39, 0.29) is 29.4 Å². The third kappa shape index (κ3) is 2.97. The lowest BCUT2D eigenvalue weighted by molar-refractivity contribution is -0.120. The molecule has 1 heterocycles. The smallest absolute Gasteiger partial charge is 0.230 e. The highest BCUT2D eigenvalue weighted by Crippen LogP contribution is 2.41. The van der Waals surface area contributed by atoms with Crippen LogP contribution in [0.15, 0.2) is 24.3 Å². The van der Waals surface area contributed by atoms with E-state index < -0.39 is 9.84 Å². The first-order chi connectivity index (χ1) is 10.4. The average Bonchev–Trinajstić information content (AvgIpc) is 3.12. The fourth-order valence-electron chi connectivity index (χ4n) is 3.08. The molecule has 1 aliphatic heterocycles. The minimum Gasteiger partial charge on any atom is -0.497 e. The van der Waals surface area contributed by atoms with Gasteiger partial charge in [-0.15, -0.1) is 0 Å². The first-order valence-electron chi connectivity index (χ1n) is 7.59. The Morgan fingerprint density at radius 3 is 2.36 bits per heavy atom. The van der Waals surface area contributed by atoms with E-state index >= 15 is 0 Å². The molecule has 1 saturated heterocycles. The number of rotatable bonds is 4. The lowest BCUT2D eigenvalue weighted by Gasteiger charge is -2.29. The molecule has 0 N–H and O–H groups in total. The summed E-state index contributed by atoms with van der Waals surface area (Å²) in [7, 11) is -1.44. The minimum atomic E-state index is -3.03. The molecule has 3 rings (SSSR count). The number of carbonyl (C=O) groups is 1. The van der Waals surface area contributed by atoms with Crippen LogP contribution in [0.4, 0.5) is 5.69 Å². The second kappa shape index (κ2) is 5.57. The van der Waals surface area contributed by atoms with E-state index in [0.29, 0.717) is 12.3 Å². The number of ether oxygens (including phenoxy) is 1. The van der Waals surface area contributed by atoms with E-state index in [9.17, 15) is 13.2 Å². The molecule has 3 atom stereocenters. The fourth-order valence-corrected chi connectivity index (χ4v) is 4.78. The number of carbonyl (C=O) groups excluding carboxylic acids is 1. The van der Waals surface area contributed by atoms with Crippen LogP contribution in [0, 0.1) is 11.8 Å². The van der Waals surface area contributed by atoms with Gasteiger partial charge in [-0.05, 0) is 43.0 Å². The number of sulfone groups is 1. The number of anilines is 1. The maximum Gasteiger partial charge on any atom is 0.230 e. The van der Waals surface area contributed by atoms with Crippen molar-refractivity contribution in [1.82, 2.24) is 0 Å². The minimum absolute atomic E-state index is 0.0328. The SMILES string of the molecule is COc1ccc(N(C(=O)[C@@H]2C[C@@H]2C)[C@@H]2CCS(=O)(=O)C2)cc1. The molecular formula is C16H21NO4S. The van der Waals surface area contributed by atoms with Crippen molar-refractivity contribution in [3.63, 3.8) is 0 Å². The van der Waals surface area contributed by atoms with Crippen LogP contribution >= 0.6 is 0 Å². The van der Waals surface area contributed by atoms with Crippen molar-refractivity contribution >= 4 is 21.4 Å². The van der Waals surface area contributed by atoms with Crippen LogP contribution in [0.1, 0.15) is 19.8 Å². The second-order valence-electron chi connectivity index (χ2n) is 6.28. The lowest BCUT2D eigenvalue weighted by atomic mass is 10.1. The summed E-state index contributed by atoms with van der Waals surface area (Å²) in [5.41, 5.74) is 0.756. The summed E-state index contributed by atoms with van der Waals surface area (Å²) in [4.78, 5) is 14.5. The molecular weight excluding hydrogens is 302 g/mol. The largest absolute Gasteiger partial charge is 0.497 e. The molecule has 1 saturated carbocycles. The van der Waals surface area contributed by atoms with Crippen LogP contribution < -0.4 is 9.64 Å². The highest BCUT2D eigenvalue weighted by molar-refractivity contribution is 7.91. The molecule has 6 heteroatoms. The summed E-state index contributed by atoms with van der Waals surface area (Å²) in [6, 6.07) is 7.01. The van der Waals surface area contributed by atoms with Gasteiger partial charge in [0, 0.05) is 11.6 Å². The van der Waals surface area contributed by atoms with Crippen molar-refractivity contribution in [3.05, 3.63) is 24.3 Å². The molecule has 22 heavy (non-hydrogen) atoms. The summed E-state index contributed by atoms with van der Waals surface area (Å²) in [6.07, 6.45) is 1.41. The Morgan fingerprint density at radius 2 is 1.91 bits per heavy atom. The Morgan fingerprint density at radius 1 is 1.27 bits per heavy atom. The third-order valence-corrected chi connectivity index (χ3v) is 6.34. The van der Waals surface area contributed by atoms with E-state index in [0.717, 1.165) is 17.9 Å². The van der Waals surface area contributed by atoms with Gasteiger partial charge in [0.1, 0.15) is 5.75 Å². The zero-order valence-electron chi connectivity index (χ0n) is 12.9. The van der Waals surface area contributed by atoms with Crippen molar-refractivity contribution in [2.24, 2.45) is 11.8 Å². The molecule has 0 aromatic heterocycles. The van der Waals surface area contributed by atoms with Crippen LogP contribution in [-0.4, -0.2) is 39.0 Å². The first kappa shape index (κ1) is 15.3. The van der Waals surface area contributed by atoms with Crippen LogP contribution in [0.5, 0.6) is 5.75 Å². The molecule has 0 unspecified atom stereocenters. The summed E-state index contributed by atoms with van der Waals surface area (Å²) < 4.78 is 28.7. The Bertz CT molecular complexity index is 668. The topological polar surface area (TPSA) is 63.7 Å². The quantitative estimate of drug-likeness (QED) is 0.848. The Labute approximate surface area is 131 Å². The highest BCUT2D eigenvalue weighted by atomic mass is 32.2. The molecule has 1 amide bonds.